The number of aromatic nitrogens is 1. The molecule has 3 N–H and O–H groups in total. The lowest BCUT2D eigenvalue weighted by Gasteiger charge is -2.28. The molecule has 2 aromatic rings. The molecule has 1 aliphatic carbocycles. The number of benzene rings is 1. The molecule has 33 heavy (non-hydrogen) atoms. The minimum absolute atomic E-state index is 0.0211. The summed E-state index contributed by atoms with van der Waals surface area (Å²) in [6, 6.07) is 7.66. The van der Waals surface area contributed by atoms with Crippen molar-refractivity contribution >= 4 is 21.8 Å². The summed E-state index contributed by atoms with van der Waals surface area (Å²) in [5.41, 5.74) is 0.873. The minimum atomic E-state index is -3.70. The van der Waals surface area contributed by atoms with Gasteiger partial charge in [0.2, 0.25) is 21.8 Å². The van der Waals surface area contributed by atoms with E-state index in [2.05, 4.69) is 20.3 Å². The normalized spacial score (nSPS) is 19.5. The van der Waals surface area contributed by atoms with Crippen LogP contribution in [0.2, 0.25) is 0 Å². The SMILES string of the molecule is C[C@@H](NC(=O)C1CCC(CNS(=O)(=O)c2ccc(F)cc2)CC1)C(=O)NCc1cccnc1. The van der Waals surface area contributed by atoms with Gasteiger partial charge in [0, 0.05) is 31.4 Å². The zero-order valence-corrected chi connectivity index (χ0v) is 19.3. The fourth-order valence-corrected chi connectivity index (χ4v) is 4.91. The molecule has 0 radical (unpaired) electrons. The lowest BCUT2D eigenvalue weighted by atomic mass is 9.81. The van der Waals surface area contributed by atoms with Gasteiger partial charge in [-0.25, -0.2) is 17.5 Å². The number of carbonyl (C=O) groups excluding carboxylic acids is 2. The topological polar surface area (TPSA) is 117 Å². The van der Waals surface area contributed by atoms with Crippen LogP contribution >= 0.6 is 0 Å². The monoisotopic (exact) mass is 476 g/mol. The largest absolute Gasteiger partial charge is 0.350 e. The number of hydrogen-bond donors (Lipinski definition) is 3. The third-order valence-corrected chi connectivity index (χ3v) is 7.28. The molecule has 1 fully saturated rings. The van der Waals surface area contributed by atoms with E-state index in [0.717, 1.165) is 17.7 Å². The number of hydrogen-bond acceptors (Lipinski definition) is 5. The van der Waals surface area contributed by atoms with Crippen molar-refractivity contribution in [1.82, 2.24) is 20.3 Å². The Kier molecular flexibility index (Phi) is 8.51. The lowest BCUT2D eigenvalue weighted by Crippen LogP contribution is -2.47. The smallest absolute Gasteiger partial charge is 0.242 e. The molecule has 0 spiro atoms. The van der Waals surface area contributed by atoms with Crippen LogP contribution in [-0.2, 0) is 26.2 Å². The summed E-state index contributed by atoms with van der Waals surface area (Å²) in [6.07, 6.45) is 5.97. The highest BCUT2D eigenvalue weighted by atomic mass is 32.2. The van der Waals surface area contributed by atoms with Gasteiger partial charge in [-0.2, -0.15) is 0 Å². The first-order chi connectivity index (χ1) is 15.7. The average molecular weight is 477 g/mol. The molecule has 2 amide bonds. The number of pyridine rings is 1. The molecule has 1 atom stereocenters. The number of sulfonamides is 1. The van der Waals surface area contributed by atoms with Crippen LogP contribution in [-0.4, -0.2) is 37.8 Å². The first-order valence-corrected chi connectivity index (χ1v) is 12.4. The van der Waals surface area contributed by atoms with E-state index in [1.807, 2.05) is 6.07 Å². The number of nitrogens with one attached hydrogen (secondary N) is 3. The van der Waals surface area contributed by atoms with Crippen LogP contribution in [0.1, 0.15) is 38.2 Å². The molecule has 178 valence electrons. The maximum absolute atomic E-state index is 13.0. The average Bonchev–Trinajstić information content (AvgIpc) is 2.82. The minimum Gasteiger partial charge on any atom is -0.350 e. The standard InChI is InChI=1S/C23H29FN4O4S/c1-16(22(29)26-14-18-3-2-12-25-13-18)28-23(30)19-6-4-17(5-7-19)15-27-33(31,32)21-10-8-20(24)9-11-21/h2-3,8-13,16-17,19,27H,4-7,14-15H2,1H3,(H,26,29)(H,28,30)/t16-,17?,19?/m1/s1. The Bertz CT molecular complexity index is 1040. The summed E-state index contributed by atoms with van der Waals surface area (Å²) in [4.78, 5) is 28.9. The van der Waals surface area contributed by atoms with Crippen molar-refractivity contribution < 1.29 is 22.4 Å². The maximum atomic E-state index is 13.0. The Morgan fingerprint density at radius 1 is 1.12 bits per heavy atom. The molecule has 0 aliphatic heterocycles. The number of amides is 2. The van der Waals surface area contributed by atoms with Crippen LogP contribution in [0.3, 0.4) is 0 Å². The lowest BCUT2D eigenvalue weighted by molar-refractivity contribution is -0.131. The van der Waals surface area contributed by atoms with Crippen molar-refractivity contribution in [3.8, 4) is 0 Å². The second-order valence-electron chi connectivity index (χ2n) is 8.33. The zero-order chi connectivity index (χ0) is 23.8. The number of halogens is 1. The van der Waals surface area contributed by atoms with Crippen molar-refractivity contribution in [2.24, 2.45) is 11.8 Å². The third-order valence-electron chi connectivity index (χ3n) is 5.85. The van der Waals surface area contributed by atoms with Gasteiger partial charge in [-0.3, -0.25) is 14.6 Å². The van der Waals surface area contributed by atoms with Crippen molar-refractivity contribution in [3.63, 3.8) is 0 Å². The Balaban J connectivity index is 1.39. The number of nitrogens with zero attached hydrogens (tertiary/aromatic N) is 1. The predicted molar refractivity (Wildman–Crippen MR) is 121 cm³/mol. The van der Waals surface area contributed by atoms with E-state index in [1.54, 1.807) is 25.4 Å². The Hall–Kier alpha value is -2.85. The molecule has 8 nitrogen and oxygen atoms in total. The van der Waals surface area contributed by atoms with Crippen LogP contribution in [0.25, 0.3) is 0 Å². The molecule has 0 unspecified atom stereocenters. The Morgan fingerprint density at radius 2 is 1.82 bits per heavy atom. The van der Waals surface area contributed by atoms with E-state index in [9.17, 15) is 22.4 Å². The molecule has 3 rings (SSSR count). The maximum Gasteiger partial charge on any atom is 0.242 e. The first-order valence-electron chi connectivity index (χ1n) is 11.0. The van der Waals surface area contributed by atoms with Crippen molar-refractivity contribution in [3.05, 3.63) is 60.2 Å². The summed E-state index contributed by atoms with van der Waals surface area (Å²) < 4.78 is 40.3. The molecule has 0 saturated heterocycles. The summed E-state index contributed by atoms with van der Waals surface area (Å²) in [6.45, 7) is 2.25. The van der Waals surface area contributed by atoms with Crippen LogP contribution in [0.5, 0.6) is 0 Å². The van der Waals surface area contributed by atoms with Crippen molar-refractivity contribution in [2.75, 3.05) is 6.54 Å². The predicted octanol–water partition coefficient (Wildman–Crippen LogP) is 2.13. The highest BCUT2D eigenvalue weighted by Gasteiger charge is 2.29. The third kappa shape index (κ3) is 7.33. The molecule has 1 saturated carbocycles. The fraction of sp³-hybridized carbons (Fsp3) is 0.435. The van der Waals surface area contributed by atoms with E-state index in [4.69, 9.17) is 0 Å². The van der Waals surface area contributed by atoms with Gasteiger partial charge in [-0.05, 0) is 74.4 Å². The fourth-order valence-electron chi connectivity index (χ4n) is 3.80. The molecule has 1 heterocycles. The molecule has 1 aromatic carbocycles. The van der Waals surface area contributed by atoms with Gasteiger partial charge in [-0.1, -0.05) is 6.07 Å². The van der Waals surface area contributed by atoms with Crippen LogP contribution < -0.4 is 15.4 Å². The van der Waals surface area contributed by atoms with E-state index in [0.29, 0.717) is 32.2 Å². The van der Waals surface area contributed by atoms with E-state index < -0.39 is 21.9 Å². The Morgan fingerprint density at radius 3 is 2.45 bits per heavy atom. The van der Waals surface area contributed by atoms with Gasteiger partial charge < -0.3 is 10.6 Å². The van der Waals surface area contributed by atoms with E-state index in [-0.39, 0.29) is 35.1 Å². The highest BCUT2D eigenvalue weighted by molar-refractivity contribution is 7.89. The second kappa shape index (κ2) is 11.3. The van der Waals surface area contributed by atoms with E-state index >= 15 is 0 Å². The van der Waals surface area contributed by atoms with Gasteiger partial charge in [0.05, 0.1) is 4.90 Å². The van der Waals surface area contributed by atoms with Gasteiger partial charge in [0.25, 0.3) is 0 Å². The summed E-state index contributed by atoms with van der Waals surface area (Å²) in [5.74, 6) is -1.01. The molecular formula is C23H29FN4O4S. The van der Waals surface area contributed by atoms with Gasteiger partial charge in [-0.15, -0.1) is 0 Å². The van der Waals surface area contributed by atoms with Gasteiger partial charge >= 0.3 is 0 Å². The Labute approximate surface area is 193 Å². The molecule has 0 bridgehead atoms. The number of carbonyl (C=O) groups is 2. The van der Waals surface area contributed by atoms with Crippen LogP contribution in [0.4, 0.5) is 4.39 Å². The number of rotatable bonds is 9. The first kappa shape index (κ1) is 24.8. The zero-order valence-electron chi connectivity index (χ0n) is 18.5. The van der Waals surface area contributed by atoms with Gasteiger partial charge in [0.15, 0.2) is 0 Å². The summed E-state index contributed by atoms with van der Waals surface area (Å²) in [5, 5.41) is 5.56. The van der Waals surface area contributed by atoms with Crippen LogP contribution in [0.15, 0.2) is 53.7 Å². The quantitative estimate of drug-likeness (QED) is 0.513. The second-order valence-corrected chi connectivity index (χ2v) is 10.1. The molecule has 1 aromatic heterocycles. The van der Waals surface area contributed by atoms with Gasteiger partial charge in [0.1, 0.15) is 11.9 Å². The van der Waals surface area contributed by atoms with Crippen molar-refractivity contribution in [2.45, 2.75) is 50.1 Å². The molecular weight excluding hydrogens is 447 g/mol. The van der Waals surface area contributed by atoms with Crippen LogP contribution in [0, 0.1) is 17.7 Å². The summed E-state index contributed by atoms with van der Waals surface area (Å²) in [7, 11) is -3.70. The highest BCUT2D eigenvalue weighted by Crippen LogP contribution is 2.29. The van der Waals surface area contributed by atoms with E-state index in [1.165, 1.54) is 12.1 Å². The molecule has 1 aliphatic rings. The van der Waals surface area contributed by atoms with Crippen molar-refractivity contribution in [1.29, 1.82) is 0 Å². The molecule has 10 heteroatoms. The summed E-state index contributed by atoms with van der Waals surface area (Å²) >= 11 is 0.